The van der Waals surface area contributed by atoms with Gasteiger partial charge >= 0.3 is 5.97 Å². The standard InChI is InChI=1S/C11H11NO4S/c1-2-15-11(14)8-6-17-10(12-8)9-4-3-7(5-13)16-9/h3-4,6,13H,2,5H2,1H3. The van der Waals surface area contributed by atoms with Crippen molar-refractivity contribution in [2.24, 2.45) is 0 Å². The average molecular weight is 253 g/mol. The predicted octanol–water partition coefficient (Wildman–Crippen LogP) is 2.07. The summed E-state index contributed by atoms with van der Waals surface area (Å²) in [5.41, 5.74) is 0.272. The lowest BCUT2D eigenvalue weighted by atomic mass is 10.4. The Bertz CT molecular complexity index is 517. The van der Waals surface area contributed by atoms with E-state index in [9.17, 15) is 4.79 Å². The van der Waals surface area contributed by atoms with Crippen LogP contribution >= 0.6 is 11.3 Å². The van der Waals surface area contributed by atoms with Crippen LogP contribution in [0.4, 0.5) is 0 Å². The molecule has 2 heterocycles. The number of nitrogens with zero attached hydrogens (tertiary/aromatic N) is 1. The highest BCUT2D eigenvalue weighted by Gasteiger charge is 2.14. The number of hydrogen-bond acceptors (Lipinski definition) is 6. The molecule has 2 rings (SSSR count). The lowest BCUT2D eigenvalue weighted by Gasteiger charge is -1.95. The van der Waals surface area contributed by atoms with Gasteiger partial charge in [-0.1, -0.05) is 0 Å². The van der Waals surface area contributed by atoms with Crippen LogP contribution in [0, 0.1) is 0 Å². The predicted molar refractivity (Wildman–Crippen MR) is 61.7 cm³/mol. The van der Waals surface area contributed by atoms with E-state index in [-0.39, 0.29) is 12.3 Å². The van der Waals surface area contributed by atoms with Gasteiger partial charge in [0.1, 0.15) is 12.4 Å². The Kier molecular flexibility index (Phi) is 3.55. The fraction of sp³-hybridized carbons (Fsp3) is 0.273. The van der Waals surface area contributed by atoms with Crippen LogP contribution in [0.2, 0.25) is 0 Å². The van der Waals surface area contributed by atoms with Gasteiger partial charge in [-0.3, -0.25) is 0 Å². The highest BCUT2D eigenvalue weighted by atomic mass is 32.1. The minimum atomic E-state index is -0.441. The Hall–Kier alpha value is -1.66. The highest BCUT2D eigenvalue weighted by molar-refractivity contribution is 7.13. The van der Waals surface area contributed by atoms with Crippen molar-refractivity contribution in [2.75, 3.05) is 6.61 Å². The van der Waals surface area contributed by atoms with Gasteiger partial charge in [-0.2, -0.15) is 0 Å². The van der Waals surface area contributed by atoms with E-state index in [0.29, 0.717) is 23.1 Å². The van der Waals surface area contributed by atoms with Crippen LogP contribution in [0.5, 0.6) is 0 Å². The van der Waals surface area contributed by atoms with Crippen molar-refractivity contribution in [2.45, 2.75) is 13.5 Å². The average Bonchev–Trinajstić information content (AvgIpc) is 2.98. The molecule has 0 unspecified atom stereocenters. The topological polar surface area (TPSA) is 72.6 Å². The van der Waals surface area contributed by atoms with Crippen molar-refractivity contribution in [1.82, 2.24) is 4.98 Å². The molecular weight excluding hydrogens is 242 g/mol. The Morgan fingerprint density at radius 2 is 2.41 bits per heavy atom. The Morgan fingerprint density at radius 3 is 3.06 bits per heavy atom. The van der Waals surface area contributed by atoms with Gasteiger partial charge in [0.25, 0.3) is 0 Å². The summed E-state index contributed by atoms with van der Waals surface area (Å²) < 4.78 is 10.2. The quantitative estimate of drug-likeness (QED) is 0.844. The molecule has 5 nitrogen and oxygen atoms in total. The Morgan fingerprint density at radius 1 is 1.59 bits per heavy atom. The number of ether oxygens (including phenoxy) is 1. The van der Waals surface area contributed by atoms with Crippen LogP contribution in [0.1, 0.15) is 23.2 Å². The third kappa shape index (κ3) is 2.54. The van der Waals surface area contributed by atoms with E-state index in [0.717, 1.165) is 0 Å². The number of furan rings is 1. The summed E-state index contributed by atoms with van der Waals surface area (Å²) in [6.45, 7) is 1.91. The monoisotopic (exact) mass is 253 g/mol. The molecule has 0 radical (unpaired) electrons. The van der Waals surface area contributed by atoms with Crippen LogP contribution in [-0.2, 0) is 11.3 Å². The fourth-order valence-electron chi connectivity index (χ4n) is 1.26. The van der Waals surface area contributed by atoms with E-state index < -0.39 is 5.97 Å². The van der Waals surface area contributed by atoms with Gasteiger partial charge in [0.2, 0.25) is 0 Å². The Labute approximate surface area is 102 Å². The summed E-state index contributed by atoms with van der Waals surface area (Å²) in [5.74, 6) is 0.562. The molecule has 0 saturated carbocycles. The highest BCUT2D eigenvalue weighted by Crippen LogP contribution is 2.26. The van der Waals surface area contributed by atoms with Crippen molar-refractivity contribution in [3.63, 3.8) is 0 Å². The van der Waals surface area contributed by atoms with Gasteiger partial charge in [0, 0.05) is 5.38 Å². The molecule has 1 N–H and O–H groups in total. The van der Waals surface area contributed by atoms with Crippen LogP contribution in [0.25, 0.3) is 10.8 Å². The molecule has 0 atom stereocenters. The summed E-state index contributed by atoms with van der Waals surface area (Å²) >= 11 is 1.29. The van der Waals surface area contributed by atoms with E-state index in [4.69, 9.17) is 14.3 Å². The minimum Gasteiger partial charge on any atom is -0.461 e. The summed E-state index contributed by atoms with van der Waals surface area (Å²) in [6.07, 6.45) is 0. The molecule has 2 aromatic rings. The van der Waals surface area contributed by atoms with Gasteiger partial charge in [-0.15, -0.1) is 11.3 Å². The second kappa shape index (κ2) is 5.11. The summed E-state index contributed by atoms with van der Waals surface area (Å²) in [5, 5.41) is 11.1. The van der Waals surface area contributed by atoms with Gasteiger partial charge in [-0.25, -0.2) is 9.78 Å². The number of aliphatic hydroxyl groups excluding tert-OH is 1. The van der Waals surface area contributed by atoms with E-state index in [2.05, 4.69) is 4.98 Å². The molecule has 90 valence electrons. The summed E-state index contributed by atoms with van der Waals surface area (Å²) in [7, 11) is 0. The number of hydrogen-bond donors (Lipinski definition) is 1. The first kappa shape index (κ1) is 11.8. The molecule has 0 aliphatic heterocycles. The van der Waals surface area contributed by atoms with Gasteiger partial charge in [0.05, 0.1) is 6.61 Å². The zero-order chi connectivity index (χ0) is 12.3. The summed E-state index contributed by atoms with van der Waals surface area (Å²) in [4.78, 5) is 15.5. The number of carbonyl (C=O) groups is 1. The molecular formula is C11H11NO4S. The largest absolute Gasteiger partial charge is 0.461 e. The third-order valence-corrected chi connectivity index (χ3v) is 2.87. The lowest BCUT2D eigenvalue weighted by Crippen LogP contribution is -2.04. The maximum Gasteiger partial charge on any atom is 0.357 e. The molecule has 0 bridgehead atoms. The number of rotatable bonds is 4. The number of carbonyl (C=O) groups excluding carboxylic acids is 1. The minimum absolute atomic E-state index is 0.157. The van der Waals surface area contributed by atoms with Crippen LogP contribution in [-0.4, -0.2) is 22.7 Å². The zero-order valence-electron chi connectivity index (χ0n) is 9.17. The summed E-state index contributed by atoms with van der Waals surface area (Å²) in [6, 6.07) is 3.38. The van der Waals surface area contributed by atoms with Crippen molar-refractivity contribution < 1.29 is 19.1 Å². The molecule has 17 heavy (non-hydrogen) atoms. The van der Waals surface area contributed by atoms with E-state index in [1.807, 2.05) is 0 Å². The molecule has 6 heteroatoms. The molecule has 0 aliphatic rings. The van der Waals surface area contributed by atoms with E-state index >= 15 is 0 Å². The normalized spacial score (nSPS) is 10.5. The lowest BCUT2D eigenvalue weighted by molar-refractivity contribution is 0.0520. The van der Waals surface area contributed by atoms with Crippen LogP contribution in [0.15, 0.2) is 21.9 Å². The van der Waals surface area contributed by atoms with Crippen molar-refractivity contribution >= 4 is 17.3 Å². The van der Waals surface area contributed by atoms with Crippen LogP contribution < -0.4 is 0 Å². The second-order valence-corrected chi connectivity index (χ2v) is 4.04. The molecule has 0 spiro atoms. The smallest absolute Gasteiger partial charge is 0.357 e. The number of aromatic nitrogens is 1. The molecule has 0 aromatic carbocycles. The van der Waals surface area contributed by atoms with Crippen molar-refractivity contribution in [1.29, 1.82) is 0 Å². The molecule has 0 saturated heterocycles. The maximum atomic E-state index is 11.4. The van der Waals surface area contributed by atoms with Gasteiger partial charge in [0.15, 0.2) is 16.5 Å². The Balaban J connectivity index is 2.20. The molecule has 0 aliphatic carbocycles. The van der Waals surface area contributed by atoms with Gasteiger partial charge < -0.3 is 14.3 Å². The first-order valence-corrected chi connectivity index (χ1v) is 5.95. The molecule has 0 fully saturated rings. The van der Waals surface area contributed by atoms with E-state index in [1.54, 1.807) is 24.4 Å². The number of thiazole rings is 1. The first-order valence-electron chi connectivity index (χ1n) is 5.07. The van der Waals surface area contributed by atoms with Crippen molar-refractivity contribution in [3.8, 4) is 10.8 Å². The van der Waals surface area contributed by atoms with Gasteiger partial charge in [-0.05, 0) is 19.1 Å². The SMILES string of the molecule is CCOC(=O)c1csc(-c2ccc(CO)o2)n1. The van der Waals surface area contributed by atoms with E-state index in [1.165, 1.54) is 11.3 Å². The second-order valence-electron chi connectivity index (χ2n) is 3.18. The fourth-order valence-corrected chi connectivity index (χ4v) is 2.01. The van der Waals surface area contributed by atoms with Crippen molar-refractivity contribution in [3.05, 3.63) is 29.0 Å². The third-order valence-electron chi connectivity index (χ3n) is 2.02. The number of aliphatic hydroxyl groups is 1. The first-order chi connectivity index (χ1) is 8.24. The maximum absolute atomic E-state index is 11.4. The zero-order valence-corrected chi connectivity index (χ0v) is 9.99. The number of esters is 1. The molecule has 2 aromatic heterocycles. The molecule has 0 amide bonds. The van der Waals surface area contributed by atoms with Crippen LogP contribution in [0.3, 0.4) is 0 Å².